The van der Waals surface area contributed by atoms with Gasteiger partial charge in [-0.2, -0.15) is 4.98 Å². The Labute approximate surface area is 110 Å². The number of sulfonamides is 1. The van der Waals surface area contributed by atoms with Crippen molar-refractivity contribution in [2.45, 2.75) is 24.4 Å². The summed E-state index contributed by atoms with van der Waals surface area (Å²) in [7, 11) is -3.59. The summed E-state index contributed by atoms with van der Waals surface area (Å²) in [5.41, 5.74) is 6.58. The van der Waals surface area contributed by atoms with E-state index >= 15 is 0 Å². The van der Waals surface area contributed by atoms with Gasteiger partial charge in [0.25, 0.3) is 0 Å². The largest absolute Gasteiger partial charge is 0.343 e. The molecule has 0 spiro atoms. The maximum absolute atomic E-state index is 12.0. The predicted molar refractivity (Wildman–Crippen MR) is 67.4 cm³/mol. The first-order valence-electron chi connectivity index (χ1n) is 5.59. The summed E-state index contributed by atoms with van der Waals surface area (Å²) in [6.45, 7) is 1.81. The van der Waals surface area contributed by atoms with E-state index in [1.807, 2.05) is 6.92 Å². The number of benzene rings is 1. The normalized spacial score (nSPS) is 13.4. The lowest BCUT2D eigenvalue weighted by Gasteiger charge is -2.08. The third kappa shape index (κ3) is 3.37. The molecule has 0 fully saturated rings. The summed E-state index contributed by atoms with van der Waals surface area (Å²) < 4.78 is 30.9. The van der Waals surface area contributed by atoms with Gasteiger partial charge in [0.2, 0.25) is 16.4 Å². The minimum atomic E-state index is -3.59. The molecule has 2 aromatic rings. The summed E-state index contributed by atoms with van der Waals surface area (Å²) in [5.74, 6) is 0.274. The van der Waals surface area contributed by atoms with Crippen LogP contribution in [0, 0.1) is 0 Å². The standard InChI is InChI=1S/C11H14N4O3S/c1-8(12)9-2-4-10(5-3-9)19(16,17)14-6-11-13-7-18-15-11/h2-5,7-8,14H,6,12H2,1H3. The van der Waals surface area contributed by atoms with E-state index in [1.165, 1.54) is 12.1 Å². The van der Waals surface area contributed by atoms with Crippen LogP contribution in [0.3, 0.4) is 0 Å². The van der Waals surface area contributed by atoms with Crippen LogP contribution >= 0.6 is 0 Å². The van der Waals surface area contributed by atoms with Crippen LogP contribution < -0.4 is 10.5 Å². The maximum atomic E-state index is 12.0. The minimum absolute atomic E-state index is 0.0200. The molecule has 1 unspecified atom stereocenters. The number of hydrogen-bond donors (Lipinski definition) is 2. The SMILES string of the molecule is CC(N)c1ccc(S(=O)(=O)NCc2ncon2)cc1. The summed E-state index contributed by atoms with van der Waals surface area (Å²) in [4.78, 5) is 3.90. The number of nitrogens with zero attached hydrogens (tertiary/aromatic N) is 2. The zero-order chi connectivity index (χ0) is 13.9. The molecule has 19 heavy (non-hydrogen) atoms. The van der Waals surface area contributed by atoms with E-state index in [0.29, 0.717) is 0 Å². The van der Waals surface area contributed by atoms with E-state index in [2.05, 4.69) is 19.4 Å². The van der Waals surface area contributed by atoms with E-state index in [1.54, 1.807) is 12.1 Å². The molecule has 1 aromatic carbocycles. The van der Waals surface area contributed by atoms with Crippen LogP contribution in [-0.4, -0.2) is 18.6 Å². The van der Waals surface area contributed by atoms with Gasteiger partial charge in [-0.15, -0.1) is 0 Å². The smallest absolute Gasteiger partial charge is 0.240 e. The average molecular weight is 282 g/mol. The Kier molecular flexibility index (Phi) is 3.93. The Morgan fingerprint density at radius 3 is 2.58 bits per heavy atom. The first-order chi connectivity index (χ1) is 8.99. The molecule has 0 saturated heterocycles. The summed E-state index contributed by atoms with van der Waals surface area (Å²) in [6, 6.07) is 6.26. The molecule has 0 radical (unpaired) electrons. The highest BCUT2D eigenvalue weighted by Crippen LogP contribution is 2.14. The summed E-state index contributed by atoms with van der Waals surface area (Å²) in [5, 5.41) is 3.52. The van der Waals surface area contributed by atoms with Gasteiger partial charge in [-0.25, -0.2) is 13.1 Å². The number of nitrogens with two attached hydrogens (primary N) is 1. The lowest BCUT2D eigenvalue weighted by molar-refractivity contribution is 0.409. The molecule has 2 rings (SSSR count). The average Bonchev–Trinajstić information content (AvgIpc) is 2.90. The van der Waals surface area contributed by atoms with E-state index in [0.717, 1.165) is 12.0 Å². The van der Waals surface area contributed by atoms with E-state index in [4.69, 9.17) is 5.73 Å². The zero-order valence-corrected chi connectivity index (χ0v) is 11.1. The lowest BCUT2D eigenvalue weighted by atomic mass is 10.1. The van der Waals surface area contributed by atoms with Crippen LogP contribution in [0.25, 0.3) is 0 Å². The van der Waals surface area contributed by atoms with Crippen LogP contribution in [0.4, 0.5) is 0 Å². The highest BCUT2D eigenvalue weighted by atomic mass is 32.2. The fraction of sp³-hybridized carbons (Fsp3) is 0.273. The topological polar surface area (TPSA) is 111 Å². The van der Waals surface area contributed by atoms with Crippen molar-refractivity contribution < 1.29 is 12.9 Å². The Hall–Kier alpha value is -1.77. The van der Waals surface area contributed by atoms with Crippen molar-refractivity contribution in [1.29, 1.82) is 0 Å². The van der Waals surface area contributed by atoms with Crippen molar-refractivity contribution in [2.24, 2.45) is 5.73 Å². The molecule has 8 heteroatoms. The van der Waals surface area contributed by atoms with Gasteiger partial charge < -0.3 is 10.3 Å². The Morgan fingerprint density at radius 1 is 1.37 bits per heavy atom. The predicted octanol–water partition coefficient (Wildman–Crippen LogP) is 0.568. The second-order valence-electron chi connectivity index (χ2n) is 4.03. The van der Waals surface area contributed by atoms with Gasteiger partial charge in [0.15, 0.2) is 5.82 Å². The van der Waals surface area contributed by atoms with Crippen molar-refractivity contribution >= 4 is 10.0 Å². The van der Waals surface area contributed by atoms with Crippen molar-refractivity contribution in [3.63, 3.8) is 0 Å². The Balaban J connectivity index is 2.10. The Bertz CT molecular complexity index is 620. The fourth-order valence-corrected chi connectivity index (χ4v) is 2.44. The lowest BCUT2D eigenvalue weighted by Crippen LogP contribution is -2.23. The van der Waals surface area contributed by atoms with E-state index in [9.17, 15) is 8.42 Å². The van der Waals surface area contributed by atoms with E-state index in [-0.39, 0.29) is 23.3 Å². The van der Waals surface area contributed by atoms with Gasteiger partial charge in [0.05, 0.1) is 11.4 Å². The van der Waals surface area contributed by atoms with Gasteiger partial charge in [0.1, 0.15) is 0 Å². The van der Waals surface area contributed by atoms with Crippen LogP contribution in [-0.2, 0) is 16.6 Å². The first-order valence-corrected chi connectivity index (χ1v) is 7.08. The van der Waals surface area contributed by atoms with Gasteiger partial charge >= 0.3 is 0 Å². The van der Waals surface area contributed by atoms with Crippen LogP contribution in [0.1, 0.15) is 24.4 Å². The molecular formula is C11H14N4O3S. The number of nitrogens with one attached hydrogen (secondary N) is 1. The summed E-state index contributed by atoms with van der Waals surface area (Å²) in [6.07, 6.45) is 1.14. The molecule has 1 atom stereocenters. The molecule has 0 aliphatic rings. The third-order valence-corrected chi connectivity index (χ3v) is 3.96. The number of hydrogen-bond acceptors (Lipinski definition) is 6. The van der Waals surface area contributed by atoms with Crippen molar-refractivity contribution in [1.82, 2.24) is 14.9 Å². The molecular weight excluding hydrogens is 268 g/mol. The molecule has 0 aliphatic carbocycles. The fourth-order valence-electron chi connectivity index (χ4n) is 1.46. The van der Waals surface area contributed by atoms with E-state index < -0.39 is 10.0 Å². The van der Waals surface area contributed by atoms with Gasteiger partial charge in [-0.05, 0) is 24.6 Å². The quantitative estimate of drug-likeness (QED) is 0.829. The van der Waals surface area contributed by atoms with Crippen molar-refractivity contribution in [2.75, 3.05) is 0 Å². The summed E-state index contributed by atoms with van der Waals surface area (Å²) >= 11 is 0. The van der Waals surface area contributed by atoms with Gasteiger partial charge in [0, 0.05) is 6.04 Å². The molecule has 1 aromatic heterocycles. The van der Waals surface area contributed by atoms with Crippen LogP contribution in [0.15, 0.2) is 40.1 Å². The molecule has 1 heterocycles. The molecule has 3 N–H and O–H groups in total. The van der Waals surface area contributed by atoms with Crippen LogP contribution in [0.5, 0.6) is 0 Å². The molecule has 0 aliphatic heterocycles. The van der Waals surface area contributed by atoms with Crippen molar-refractivity contribution in [3.8, 4) is 0 Å². The zero-order valence-electron chi connectivity index (χ0n) is 10.3. The highest BCUT2D eigenvalue weighted by Gasteiger charge is 2.15. The monoisotopic (exact) mass is 282 g/mol. The van der Waals surface area contributed by atoms with Gasteiger partial charge in [-0.3, -0.25) is 0 Å². The molecule has 102 valence electrons. The maximum Gasteiger partial charge on any atom is 0.240 e. The molecule has 0 saturated carbocycles. The van der Waals surface area contributed by atoms with Crippen molar-refractivity contribution in [3.05, 3.63) is 42.0 Å². The second-order valence-corrected chi connectivity index (χ2v) is 5.80. The molecule has 0 amide bonds. The minimum Gasteiger partial charge on any atom is -0.343 e. The number of aromatic nitrogens is 2. The molecule has 0 bridgehead atoms. The number of rotatable bonds is 5. The molecule has 7 nitrogen and oxygen atoms in total. The Morgan fingerprint density at radius 2 is 2.05 bits per heavy atom. The second kappa shape index (κ2) is 5.47. The van der Waals surface area contributed by atoms with Crippen LogP contribution in [0.2, 0.25) is 0 Å². The first kappa shape index (κ1) is 13.7. The third-order valence-electron chi connectivity index (χ3n) is 2.54. The highest BCUT2D eigenvalue weighted by molar-refractivity contribution is 7.89. The van der Waals surface area contributed by atoms with Gasteiger partial charge in [-0.1, -0.05) is 17.3 Å².